The summed E-state index contributed by atoms with van der Waals surface area (Å²) in [5, 5.41) is 7.69. The number of benzene rings is 8. The maximum Gasteiger partial charge on any atom is 0.0619 e. The van der Waals surface area contributed by atoms with Gasteiger partial charge in [0.15, 0.2) is 0 Å². The van der Waals surface area contributed by atoms with Crippen LogP contribution >= 0.6 is 0 Å². The number of para-hydroxylation sites is 1. The summed E-state index contributed by atoms with van der Waals surface area (Å²) < 4.78 is 5.06. The van der Waals surface area contributed by atoms with Crippen LogP contribution in [0.25, 0.3) is 88.0 Å². The highest BCUT2D eigenvalue weighted by atomic mass is 15.0. The number of hydrogen-bond acceptors (Lipinski definition) is 0. The summed E-state index contributed by atoms with van der Waals surface area (Å²) in [6.45, 7) is 14.5. The van der Waals surface area contributed by atoms with E-state index in [4.69, 9.17) is 0 Å². The van der Waals surface area contributed by atoms with Crippen molar-refractivity contribution in [1.82, 2.24) is 9.13 Å². The molecule has 0 amide bonds. The Hall–Kier alpha value is -6.38. The van der Waals surface area contributed by atoms with Gasteiger partial charge in [-0.15, -0.1) is 0 Å². The third-order valence-electron chi connectivity index (χ3n) is 14.6. The molecule has 2 aliphatic rings. The van der Waals surface area contributed by atoms with Crippen LogP contribution in [0.4, 0.5) is 0 Å². The fourth-order valence-corrected chi connectivity index (χ4v) is 11.2. The summed E-state index contributed by atoms with van der Waals surface area (Å²) in [5.41, 5.74) is 18.6. The number of nitrogens with zero attached hydrogens (tertiary/aromatic N) is 2. The lowest BCUT2D eigenvalue weighted by Crippen LogP contribution is -2.33. The zero-order valence-corrected chi connectivity index (χ0v) is 34.8. The summed E-state index contributed by atoms with van der Waals surface area (Å²) >= 11 is 0. The molecule has 0 bridgehead atoms. The molecule has 0 spiro atoms. The number of fused-ring (bicyclic) bond motifs is 12. The normalized spacial score (nSPS) is 16.2. The van der Waals surface area contributed by atoms with E-state index < -0.39 is 0 Å². The van der Waals surface area contributed by atoms with Gasteiger partial charge in [-0.2, -0.15) is 0 Å². The third kappa shape index (κ3) is 4.81. The Kier molecular flexibility index (Phi) is 6.96. The lowest BCUT2D eigenvalue weighted by atomic mass is 9.63. The van der Waals surface area contributed by atoms with Gasteiger partial charge in [-0.25, -0.2) is 0 Å². The van der Waals surface area contributed by atoms with E-state index in [2.05, 4.69) is 208 Å². The second kappa shape index (κ2) is 11.9. The van der Waals surface area contributed by atoms with E-state index >= 15 is 0 Å². The molecule has 2 heterocycles. The summed E-state index contributed by atoms with van der Waals surface area (Å²) in [6.07, 6.45) is 2.38. The predicted octanol–water partition coefficient (Wildman–Crippen LogP) is 15.4. The van der Waals surface area contributed by atoms with Crippen LogP contribution < -0.4 is 0 Å². The Morgan fingerprint density at radius 3 is 1.73 bits per heavy atom. The van der Waals surface area contributed by atoms with Gasteiger partial charge in [-0.05, 0) is 128 Å². The van der Waals surface area contributed by atoms with Gasteiger partial charge < -0.3 is 9.13 Å². The van der Waals surface area contributed by atoms with Crippen molar-refractivity contribution in [3.8, 4) is 33.6 Å². The molecule has 8 aromatic carbocycles. The molecule has 12 rings (SSSR count). The van der Waals surface area contributed by atoms with Crippen molar-refractivity contribution in [3.05, 3.63) is 180 Å². The molecule has 2 heteroatoms. The average molecular weight is 761 g/mol. The molecule has 0 saturated heterocycles. The first-order chi connectivity index (χ1) is 28.5. The van der Waals surface area contributed by atoms with Gasteiger partial charge >= 0.3 is 0 Å². The Morgan fingerprint density at radius 1 is 0.373 bits per heavy atom. The van der Waals surface area contributed by atoms with Crippen LogP contribution in [0.15, 0.2) is 158 Å². The molecule has 59 heavy (non-hydrogen) atoms. The van der Waals surface area contributed by atoms with Gasteiger partial charge in [0.25, 0.3) is 0 Å². The van der Waals surface area contributed by atoms with Crippen LogP contribution in [0, 0.1) is 0 Å². The second-order valence-electron chi connectivity index (χ2n) is 19.2. The molecular formula is C57H48N2. The van der Waals surface area contributed by atoms with Gasteiger partial charge in [-0.1, -0.05) is 145 Å². The molecule has 2 nitrogen and oxygen atoms in total. The zero-order valence-electron chi connectivity index (χ0n) is 34.8. The summed E-state index contributed by atoms with van der Waals surface area (Å²) in [7, 11) is 0. The van der Waals surface area contributed by atoms with Gasteiger partial charge in [0, 0.05) is 43.7 Å². The molecule has 0 aliphatic heterocycles. The molecule has 0 radical (unpaired) electrons. The van der Waals surface area contributed by atoms with Gasteiger partial charge in [-0.3, -0.25) is 0 Å². The molecule has 2 aliphatic carbocycles. The molecule has 286 valence electrons. The van der Waals surface area contributed by atoms with Crippen LogP contribution in [0.1, 0.15) is 76.6 Å². The van der Waals surface area contributed by atoms with Crippen LogP contribution in [-0.2, 0) is 16.2 Å². The highest BCUT2D eigenvalue weighted by Gasteiger charge is 2.38. The molecule has 2 aromatic heterocycles. The second-order valence-corrected chi connectivity index (χ2v) is 19.2. The van der Waals surface area contributed by atoms with Crippen molar-refractivity contribution in [2.45, 2.75) is 70.6 Å². The predicted molar refractivity (Wildman–Crippen MR) is 251 cm³/mol. The fraction of sp³-hybridized carbons (Fsp3) is 0.193. The van der Waals surface area contributed by atoms with E-state index in [0.717, 1.165) is 0 Å². The Labute approximate surface area is 346 Å². The van der Waals surface area contributed by atoms with Crippen molar-refractivity contribution in [3.63, 3.8) is 0 Å². The smallest absolute Gasteiger partial charge is 0.0619 e. The Balaban J connectivity index is 1.12. The van der Waals surface area contributed by atoms with Crippen molar-refractivity contribution >= 4 is 54.4 Å². The molecular weight excluding hydrogens is 713 g/mol. The van der Waals surface area contributed by atoms with E-state index in [1.54, 1.807) is 0 Å². The van der Waals surface area contributed by atoms with Crippen molar-refractivity contribution in [2.24, 2.45) is 0 Å². The molecule has 0 atom stereocenters. The molecule has 0 unspecified atom stereocenters. The Bertz CT molecular complexity index is 3390. The quantitative estimate of drug-likeness (QED) is 0.170. The monoisotopic (exact) mass is 760 g/mol. The number of hydrogen-bond donors (Lipinski definition) is 0. The standard InChI is InChI=1S/C57H48N2/c1-55(2)28-29-56(3,4)50-34-53-44(31-49(50)55)46-33-52-45(32-51(46)58(53)38-15-8-7-9-16-38)42-26-22-36-14-10-11-17-40(36)54(42)59(52)39-24-20-35(21-25-39)37-23-27-48-43(30-37)41-18-12-13-19-47(41)57(48,5)6/h7-27,30-34H,28-29H2,1-6H3. The third-order valence-corrected chi connectivity index (χ3v) is 14.6. The van der Waals surface area contributed by atoms with Gasteiger partial charge in [0.1, 0.15) is 0 Å². The molecule has 0 N–H and O–H groups in total. The minimum atomic E-state index is -0.00140. The van der Waals surface area contributed by atoms with E-state index in [9.17, 15) is 0 Å². The highest BCUT2D eigenvalue weighted by molar-refractivity contribution is 6.23. The van der Waals surface area contributed by atoms with Crippen LogP contribution in [0.5, 0.6) is 0 Å². The fourth-order valence-electron chi connectivity index (χ4n) is 11.2. The first-order valence-corrected chi connectivity index (χ1v) is 21.4. The maximum absolute atomic E-state index is 2.56. The zero-order chi connectivity index (χ0) is 40.0. The van der Waals surface area contributed by atoms with Crippen molar-refractivity contribution < 1.29 is 0 Å². The minimum absolute atomic E-state index is 0.00140. The molecule has 0 fully saturated rings. The topological polar surface area (TPSA) is 9.86 Å². The summed E-state index contributed by atoms with van der Waals surface area (Å²) in [4.78, 5) is 0. The number of aromatic nitrogens is 2. The first-order valence-electron chi connectivity index (χ1n) is 21.4. The largest absolute Gasteiger partial charge is 0.309 e. The SMILES string of the molecule is CC1(C)CCC(C)(C)c2cc3c(cc21)c1cc2c(cc1n3-c1ccccc1)c1ccc3ccccc3c1n2-c1ccc(-c2ccc3c(c2)-c2ccccc2C3(C)C)cc1. The summed E-state index contributed by atoms with van der Waals surface area (Å²) in [5.74, 6) is 0. The summed E-state index contributed by atoms with van der Waals surface area (Å²) in [6, 6.07) is 59.9. The molecule has 0 saturated carbocycles. The van der Waals surface area contributed by atoms with Crippen LogP contribution in [0.2, 0.25) is 0 Å². The minimum Gasteiger partial charge on any atom is -0.309 e. The van der Waals surface area contributed by atoms with Crippen molar-refractivity contribution in [1.29, 1.82) is 0 Å². The van der Waals surface area contributed by atoms with E-state index in [1.165, 1.54) is 123 Å². The van der Waals surface area contributed by atoms with E-state index in [-0.39, 0.29) is 16.2 Å². The van der Waals surface area contributed by atoms with E-state index in [1.807, 2.05) is 0 Å². The first kappa shape index (κ1) is 34.6. The number of rotatable bonds is 3. The molecule has 10 aromatic rings. The lowest BCUT2D eigenvalue weighted by Gasteiger charge is -2.42. The van der Waals surface area contributed by atoms with E-state index in [0.29, 0.717) is 0 Å². The maximum atomic E-state index is 2.56. The van der Waals surface area contributed by atoms with Gasteiger partial charge in [0.05, 0.1) is 22.1 Å². The highest BCUT2D eigenvalue weighted by Crippen LogP contribution is 2.51. The van der Waals surface area contributed by atoms with Gasteiger partial charge in [0.2, 0.25) is 0 Å². The van der Waals surface area contributed by atoms with Crippen LogP contribution in [-0.4, -0.2) is 9.13 Å². The van der Waals surface area contributed by atoms with Crippen LogP contribution in [0.3, 0.4) is 0 Å². The lowest BCUT2D eigenvalue weighted by molar-refractivity contribution is 0.332. The van der Waals surface area contributed by atoms with Crippen molar-refractivity contribution in [2.75, 3.05) is 0 Å². The Morgan fingerprint density at radius 2 is 0.949 bits per heavy atom. The average Bonchev–Trinajstić information content (AvgIpc) is 3.84.